The number of carbonyl (C=O) groups excluding carboxylic acids is 1. The van der Waals surface area contributed by atoms with Crippen LogP contribution in [0.3, 0.4) is 0 Å². The summed E-state index contributed by atoms with van der Waals surface area (Å²) in [6, 6.07) is 12.7. The molecule has 0 aliphatic heterocycles. The Morgan fingerprint density at radius 1 is 1.25 bits per heavy atom. The number of aromatic nitrogens is 2. The molecule has 0 atom stereocenters. The topological polar surface area (TPSA) is 38.1 Å². The Morgan fingerprint density at radius 2 is 2.04 bits per heavy atom. The van der Waals surface area contributed by atoms with Crippen LogP contribution in [0.4, 0.5) is 4.39 Å². The normalized spacial score (nSPS) is 11.0. The first-order chi connectivity index (χ1) is 11.5. The van der Waals surface area contributed by atoms with Gasteiger partial charge < -0.3 is 4.90 Å². The fourth-order valence-corrected chi connectivity index (χ4v) is 2.72. The van der Waals surface area contributed by atoms with E-state index in [1.165, 1.54) is 6.07 Å². The standard InChI is InChI=1S/C19H20FN3O/c1-14-7-8-15-12-21-23(18(15)11-14)10-9-19(24)22(2)13-16-5-3-4-6-17(16)20/h3-8,11-12H,9-10,13H2,1-2H3. The quantitative estimate of drug-likeness (QED) is 0.720. The fraction of sp³-hybridized carbons (Fsp3) is 0.263. The van der Waals surface area contributed by atoms with E-state index < -0.39 is 0 Å². The Labute approximate surface area is 140 Å². The highest BCUT2D eigenvalue weighted by molar-refractivity contribution is 5.80. The zero-order chi connectivity index (χ0) is 17.1. The number of nitrogens with zero attached hydrogens (tertiary/aromatic N) is 3. The molecule has 0 saturated carbocycles. The van der Waals surface area contributed by atoms with E-state index in [1.807, 2.05) is 29.9 Å². The SMILES string of the molecule is Cc1ccc2cnn(CCC(=O)N(C)Cc3ccccc3F)c2c1. The molecule has 3 aromatic rings. The van der Waals surface area contributed by atoms with Crippen molar-refractivity contribution in [2.45, 2.75) is 26.4 Å². The molecule has 2 aromatic carbocycles. The first-order valence-electron chi connectivity index (χ1n) is 7.94. The van der Waals surface area contributed by atoms with E-state index in [-0.39, 0.29) is 18.3 Å². The predicted octanol–water partition coefficient (Wildman–Crippen LogP) is 3.53. The lowest BCUT2D eigenvalue weighted by atomic mass is 10.2. The number of benzene rings is 2. The lowest BCUT2D eigenvalue weighted by Crippen LogP contribution is -2.27. The molecule has 0 radical (unpaired) electrons. The van der Waals surface area contributed by atoms with Gasteiger partial charge >= 0.3 is 0 Å². The monoisotopic (exact) mass is 325 g/mol. The van der Waals surface area contributed by atoms with Gasteiger partial charge in [0, 0.05) is 31.0 Å². The van der Waals surface area contributed by atoms with Gasteiger partial charge in [0.2, 0.25) is 5.91 Å². The van der Waals surface area contributed by atoms with Gasteiger partial charge in [0.1, 0.15) is 5.82 Å². The van der Waals surface area contributed by atoms with Crippen molar-refractivity contribution in [3.8, 4) is 0 Å². The number of fused-ring (bicyclic) bond motifs is 1. The van der Waals surface area contributed by atoms with E-state index in [1.54, 1.807) is 30.1 Å². The van der Waals surface area contributed by atoms with Crippen LogP contribution in [0, 0.1) is 12.7 Å². The molecule has 1 aromatic heterocycles. The zero-order valence-electron chi connectivity index (χ0n) is 13.9. The number of hydrogen-bond donors (Lipinski definition) is 0. The first-order valence-corrected chi connectivity index (χ1v) is 7.94. The molecule has 3 rings (SSSR count). The van der Waals surface area contributed by atoms with E-state index in [2.05, 4.69) is 11.2 Å². The van der Waals surface area contributed by atoms with Gasteiger partial charge in [0.15, 0.2) is 0 Å². The van der Waals surface area contributed by atoms with E-state index >= 15 is 0 Å². The highest BCUT2D eigenvalue weighted by Crippen LogP contribution is 2.16. The molecule has 1 heterocycles. The molecule has 1 amide bonds. The maximum atomic E-state index is 13.7. The molecule has 5 heteroatoms. The Morgan fingerprint density at radius 3 is 2.83 bits per heavy atom. The average Bonchev–Trinajstić information content (AvgIpc) is 2.96. The zero-order valence-corrected chi connectivity index (χ0v) is 13.9. The Hall–Kier alpha value is -2.69. The molecule has 4 nitrogen and oxygen atoms in total. The minimum atomic E-state index is -0.286. The number of carbonyl (C=O) groups is 1. The number of aryl methyl sites for hydroxylation is 2. The van der Waals surface area contributed by atoms with Gasteiger partial charge in [-0.3, -0.25) is 9.48 Å². The highest BCUT2D eigenvalue weighted by Gasteiger charge is 2.12. The largest absolute Gasteiger partial charge is 0.341 e. The lowest BCUT2D eigenvalue weighted by Gasteiger charge is -2.17. The highest BCUT2D eigenvalue weighted by atomic mass is 19.1. The molecule has 0 spiro atoms. The van der Waals surface area contributed by atoms with E-state index in [0.717, 1.165) is 16.5 Å². The molecule has 0 saturated heterocycles. The lowest BCUT2D eigenvalue weighted by molar-refractivity contribution is -0.130. The van der Waals surface area contributed by atoms with E-state index in [9.17, 15) is 9.18 Å². The summed E-state index contributed by atoms with van der Waals surface area (Å²) in [5, 5.41) is 5.41. The van der Waals surface area contributed by atoms with Crippen LogP contribution in [-0.4, -0.2) is 27.6 Å². The van der Waals surface area contributed by atoms with Gasteiger partial charge in [-0.2, -0.15) is 5.10 Å². The van der Waals surface area contributed by atoms with Gasteiger partial charge in [-0.1, -0.05) is 30.3 Å². The van der Waals surface area contributed by atoms with Crippen molar-refractivity contribution in [3.05, 3.63) is 65.6 Å². The maximum Gasteiger partial charge on any atom is 0.224 e. The maximum absolute atomic E-state index is 13.7. The molecule has 0 N–H and O–H groups in total. The Bertz CT molecular complexity index is 872. The minimum absolute atomic E-state index is 0.0328. The summed E-state index contributed by atoms with van der Waals surface area (Å²) in [6.07, 6.45) is 2.14. The molecule has 0 aliphatic carbocycles. The van der Waals surface area contributed by atoms with Crippen molar-refractivity contribution in [3.63, 3.8) is 0 Å². The van der Waals surface area contributed by atoms with Crippen LogP contribution in [0.25, 0.3) is 10.9 Å². The van der Waals surface area contributed by atoms with Gasteiger partial charge in [0.25, 0.3) is 0 Å². The molecule has 0 bridgehead atoms. The summed E-state index contributed by atoms with van der Waals surface area (Å²) < 4.78 is 15.5. The second-order valence-corrected chi connectivity index (χ2v) is 6.02. The van der Waals surface area contributed by atoms with Crippen LogP contribution in [0.1, 0.15) is 17.5 Å². The van der Waals surface area contributed by atoms with Gasteiger partial charge in [-0.15, -0.1) is 0 Å². The third-order valence-electron chi connectivity index (χ3n) is 4.13. The second kappa shape index (κ2) is 6.83. The van der Waals surface area contributed by atoms with E-state index in [4.69, 9.17) is 0 Å². The smallest absolute Gasteiger partial charge is 0.224 e. The molecule has 124 valence electrons. The second-order valence-electron chi connectivity index (χ2n) is 6.02. The van der Waals surface area contributed by atoms with Crippen LogP contribution >= 0.6 is 0 Å². The third kappa shape index (κ3) is 3.45. The summed E-state index contributed by atoms with van der Waals surface area (Å²) in [5.41, 5.74) is 2.71. The summed E-state index contributed by atoms with van der Waals surface area (Å²) in [4.78, 5) is 13.9. The van der Waals surface area contributed by atoms with Crippen molar-refractivity contribution in [2.75, 3.05) is 7.05 Å². The van der Waals surface area contributed by atoms with Gasteiger partial charge in [0.05, 0.1) is 18.3 Å². The predicted molar refractivity (Wildman–Crippen MR) is 92.0 cm³/mol. The Kier molecular flexibility index (Phi) is 4.60. The van der Waals surface area contributed by atoms with Crippen molar-refractivity contribution >= 4 is 16.8 Å². The van der Waals surface area contributed by atoms with Crippen LogP contribution in [-0.2, 0) is 17.9 Å². The summed E-state index contributed by atoms with van der Waals surface area (Å²) in [7, 11) is 1.69. The number of rotatable bonds is 5. The third-order valence-corrected chi connectivity index (χ3v) is 4.13. The van der Waals surface area contributed by atoms with Crippen LogP contribution in [0.2, 0.25) is 0 Å². The van der Waals surface area contributed by atoms with Crippen LogP contribution in [0.15, 0.2) is 48.7 Å². The summed E-state index contributed by atoms with van der Waals surface area (Å²) in [6.45, 7) is 2.81. The summed E-state index contributed by atoms with van der Waals surface area (Å²) >= 11 is 0. The van der Waals surface area contributed by atoms with Crippen molar-refractivity contribution in [1.82, 2.24) is 14.7 Å². The van der Waals surface area contributed by atoms with Crippen molar-refractivity contribution in [2.24, 2.45) is 0 Å². The molecule has 0 unspecified atom stereocenters. The molecule has 0 aliphatic rings. The van der Waals surface area contributed by atoms with Crippen molar-refractivity contribution in [1.29, 1.82) is 0 Å². The molecular weight excluding hydrogens is 305 g/mol. The molecular formula is C19H20FN3O. The van der Waals surface area contributed by atoms with Crippen LogP contribution in [0.5, 0.6) is 0 Å². The average molecular weight is 325 g/mol. The van der Waals surface area contributed by atoms with Crippen molar-refractivity contribution < 1.29 is 9.18 Å². The number of hydrogen-bond acceptors (Lipinski definition) is 2. The van der Waals surface area contributed by atoms with Gasteiger partial charge in [-0.25, -0.2) is 4.39 Å². The van der Waals surface area contributed by atoms with E-state index in [0.29, 0.717) is 18.5 Å². The van der Waals surface area contributed by atoms with Crippen LogP contribution < -0.4 is 0 Å². The molecule has 0 fully saturated rings. The summed E-state index contributed by atoms with van der Waals surface area (Å²) in [5.74, 6) is -0.319. The Balaban J connectivity index is 1.64. The number of amides is 1. The number of halogens is 1. The molecule has 24 heavy (non-hydrogen) atoms. The van der Waals surface area contributed by atoms with Gasteiger partial charge in [-0.05, 0) is 24.6 Å². The fourth-order valence-electron chi connectivity index (χ4n) is 2.72. The first kappa shape index (κ1) is 16.2. The minimum Gasteiger partial charge on any atom is -0.341 e.